The first-order valence-corrected chi connectivity index (χ1v) is 6.75. The molecule has 0 unspecified atom stereocenters. The van der Waals surface area contributed by atoms with Crippen molar-refractivity contribution in [3.8, 4) is 34.1 Å². The molecular weight excluding hydrogens is 315 g/mol. The van der Waals surface area contributed by atoms with Crippen molar-refractivity contribution in [1.82, 2.24) is 9.55 Å². The largest absolute Gasteiger partial charge is 1.00 e. The van der Waals surface area contributed by atoms with E-state index in [1.165, 1.54) is 0 Å². The molecule has 2 N–H and O–H groups in total. The number of para-hydroxylation sites is 2. The first-order valence-electron chi connectivity index (χ1n) is 6.75. The number of rotatable bonds is 3. The van der Waals surface area contributed by atoms with Crippen molar-refractivity contribution >= 4 is 6.20 Å². The van der Waals surface area contributed by atoms with Gasteiger partial charge in [0.15, 0.2) is 0 Å². The molecule has 0 aliphatic heterocycles. The molecule has 110 valence electrons. The molecule has 0 spiro atoms. The van der Waals surface area contributed by atoms with Crippen LogP contribution >= 0.6 is 0 Å². The van der Waals surface area contributed by atoms with Crippen LogP contribution in [0, 0.1) is 13.1 Å². The summed E-state index contributed by atoms with van der Waals surface area (Å²) in [6.07, 6.45) is 6.37. The van der Waals surface area contributed by atoms with Gasteiger partial charge in [0.25, 0.3) is 0 Å². The summed E-state index contributed by atoms with van der Waals surface area (Å²) in [4.78, 5) is 4.50. The number of imidazole rings is 1. The van der Waals surface area contributed by atoms with Crippen LogP contribution in [0.5, 0.6) is 11.5 Å². The van der Waals surface area contributed by atoms with Gasteiger partial charge in [-0.25, -0.2) is 6.92 Å². The first-order chi connectivity index (χ1) is 10.7. The van der Waals surface area contributed by atoms with E-state index in [0.29, 0.717) is 22.6 Å². The number of aromatic hydroxyl groups is 2. The number of aromatic nitrogens is 2. The number of phenols is 2. The van der Waals surface area contributed by atoms with Gasteiger partial charge >= 0.3 is 51.4 Å². The Morgan fingerprint density at radius 3 is 2.09 bits per heavy atom. The molecule has 1 heterocycles. The quantitative estimate of drug-likeness (QED) is 0.550. The predicted molar refractivity (Wildman–Crippen MR) is 86.0 cm³/mol. The van der Waals surface area contributed by atoms with Gasteiger partial charge in [0.05, 0.1) is 11.6 Å². The van der Waals surface area contributed by atoms with E-state index in [-0.39, 0.29) is 62.9 Å². The molecule has 5 heteroatoms. The second-order valence-corrected chi connectivity index (χ2v) is 4.68. The Balaban J connectivity index is 0.00000192. The van der Waals surface area contributed by atoms with Gasteiger partial charge in [0.1, 0.15) is 5.75 Å². The molecule has 0 atom stereocenters. The molecule has 0 amide bonds. The van der Waals surface area contributed by atoms with Crippen LogP contribution in [0.1, 0.15) is 0 Å². The maximum absolute atomic E-state index is 10.0. The predicted octanol–water partition coefficient (Wildman–Crippen LogP) is 0.737. The van der Waals surface area contributed by atoms with Gasteiger partial charge in [-0.05, 0) is 29.6 Å². The van der Waals surface area contributed by atoms with Gasteiger partial charge in [-0.15, -0.1) is 0 Å². The average Bonchev–Trinajstić information content (AvgIpc) is 2.92. The SMILES string of the molecule is [CH2-]/C=C\n1[c-]c(-c2ccccc2O)nc1-c1ccccc1O.[K+]. The molecule has 3 aromatic rings. The molecule has 1 aromatic heterocycles. The zero-order valence-electron chi connectivity index (χ0n) is 12.8. The second-order valence-electron chi connectivity index (χ2n) is 4.68. The summed E-state index contributed by atoms with van der Waals surface area (Å²) < 4.78 is 1.64. The summed E-state index contributed by atoms with van der Waals surface area (Å²) in [6, 6.07) is 13.9. The van der Waals surface area contributed by atoms with E-state index in [4.69, 9.17) is 0 Å². The number of phenolic OH excluding ortho intramolecular Hbond substituents is 2. The fraction of sp³-hybridized carbons (Fsp3) is 0. The van der Waals surface area contributed by atoms with Crippen LogP contribution in [-0.4, -0.2) is 19.8 Å². The summed E-state index contributed by atoms with van der Waals surface area (Å²) in [5.41, 5.74) is 1.66. The van der Waals surface area contributed by atoms with Crippen LogP contribution in [0.4, 0.5) is 0 Å². The second kappa shape index (κ2) is 7.85. The molecule has 2 aromatic carbocycles. The summed E-state index contributed by atoms with van der Waals surface area (Å²) >= 11 is 0. The molecule has 0 saturated heterocycles. The van der Waals surface area contributed by atoms with Gasteiger partial charge in [-0.1, -0.05) is 42.6 Å². The average molecular weight is 329 g/mol. The summed E-state index contributed by atoms with van der Waals surface area (Å²) in [5.74, 6) is 0.783. The van der Waals surface area contributed by atoms with Gasteiger partial charge in [-0.2, -0.15) is 6.08 Å². The van der Waals surface area contributed by atoms with Gasteiger partial charge in [-0.3, -0.25) is 4.98 Å². The van der Waals surface area contributed by atoms with Crippen molar-refractivity contribution in [3.05, 3.63) is 67.7 Å². The normalized spacial score (nSPS) is 10.6. The third-order valence-corrected chi connectivity index (χ3v) is 3.23. The molecule has 23 heavy (non-hydrogen) atoms. The third-order valence-electron chi connectivity index (χ3n) is 3.23. The van der Waals surface area contributed by atoms with E-state index in [1.807, 2.05) is 12.1 Å². The molecule has 0 bridgehead atoms. The maximum atomic E-state index is 10.0. The van der Waals surface area contributed by atoms with Crippen LogP contribution in [-0.2, 0) is 0 Å². The molecule has 0 radical (unpaired) electrons. The van der Waals surface area contributed by atoms with Gasteiger partial charge < -0.3 is 14.8 Å². The number of benzene rings is 2. The first kappa shape index (κ1) is 17.8. The van der Waals surface area contributed by atoms with Crippen LogP contribution in [0.25, 0.3) is 28.8 Å². The van der Waals surface area contributed by atoms with Crippen molar-refractivity contribution in [3.63, 3.8) is 0 Å². The van der Waals surface area contributed by atoms with Crippen LogP contribution in [0.2, 0.25) is 0 Å². The van der Waals surface area contributed by atoms with E-state index in [9.17, 15) is 10.2 Å². The molecule has 0 saturated carbocycles. The van der Waals surface area contributed by atoms with Gasteiger partial charge in [0.2, 0.25) is 0 Å². The van der Waals surface area contributed by atoms with Crippen LogP contribution in [0.3, 0.4) is 0 Å². The Kier molecular flexibility index (Phi) is 6.09. The van der Waals surface area contributed by atoms with Crippen molar-refractivity contribution in [2.45, 2.75) is 0 Å². The van der Waals surface area contributed by atoms with Crippen LogP contribution < -0.4 is 51.4 Å². The number of hydrogen-bond acceptors (Lipinski definition) is 3. The van der Waals surface area contributed by atoms with E-state index in [0.717, 1.165) is 0 Å². The zero-order chi connectivity index (χ0) is 15.5. The van der Waals surface area contributed by atoms with Crippen LogP contribution in [0.15, 0.2) is 54.6 Å². The fourth-order valence-electron chi connectivity index (χ4n) is 2.21. The summed E-state index contributed by atoms with van der Waals surface area (Å²) in [6.45, 7) is 3.68. The number of hydrogen-bond donors (Lipinski definition) is 2. The van der Waals surface area contributed by atoms with Crippen molar-refractivity contribution in [2.75, 3.05) is 0 Å². The standard InChI is InChI=1S/C18H14N2O2.K/c1-2-11-20-12-15(13-7-3-5-9-16(13)21)19-18(20)14-8-4-6-10-17(14)22;/h2-11,21-22H,1H2;/q-2;+1/b11-2-;. The van der Waals surface area contributed by atoms with E-state index < -0.39 is 0 Å². The Morgan fingerprint density at radius 1 is 0.957 bits per heavy atom. The van der Waals surface area contributed by atoms with E-state index in [2.05, 4.69) is 18.1 Å². The van der Waals surface area contributed by atoms with E-state index >= 15 is 0 Å². The minimum Gasteiger partial charge on any atom is -0.517 e. The Hall–Kier alpha value is -1.50. The Morgan fingerprint density at radius 2 is 1.52 bits per heavy atom. The summed E-state index contributed by atoms with van der Waals surface area (Å²) in [7, 11) is 0. The molecule has 3 rings (SSSR count). The molecule has 0 fully saturated rings. The Bertz CT molecular complexity index is 841. The molecule has 4 nitrogen and oxygen atoms in total. The zero-order valence-corrected chi connectivity index (χ0v) is 15.9. The number of allylic oxidation sites excluding steroid dienone is 1. The molecular formula is C18H14KN2O2-. The monoisotopic (exact) mass is 329 g/mol. The van der Waals surface area contributed by atoms with Gasteiger partial charge in [0, 0.05) is 5.56 Å². The fourth-order valence-corrected chi connectivity index (χ4v) is 2.21. The maximum Gasteiger partial charge on any atom is 1.00 e. The minimum atomic E-state index is 0. The smallest absolute Gasteiger partial charge is 0.517 e. The van der Waals surface area contributed by atoms with Crippen molar-refractivity contribution in [2.24, 2.45) is 0 Å². The minimum absolute atomic E-state index is 0. The molecule has 0 aliphatic rings. The van der Waals surface area contributed by atoms with Crippen molar-refractivity contribution < 1.29 is 61.6 Å². The summed E-state index contributed by atoms with van der Waals surface area (Å²) in [5, 5.41) is 20.0. The Labute approximate surface area is 177 Å². The van der Waals surface area contributed by atoms with Crippen molar-refractivity contribution in [1.29, 1.82) is 0 Å². The number of nitrogens with zero attached hydrogens (tertiary/aromatic N) is 2. The third kappa shape index (κ3) is 3.71. The van der Waals surface area contributed by atoms with E-state index in [1.54, 1.807) is 53.2 Å². The topological polar surface area (TPSA) is 58.3 Å². The molecule has 0 aliphatic carbocycles.